The molecule has 1 heterocycles. The Labute approximate surface area is 189 Å². The van der Waals surface area contributed by atoms with E-state index in [0.29, 0.717) is 26.8 Å². The van der Waals surface area contributed by atoms with E-state index >= 15 is 0 Å². The Balaban J connectivity index is 1.28. The third-order valence-corrected chi connectivity index (χ3v) is 6.78. The molecule has 1 aliphatic carbocycles. The van der Waals surface area contributed by atoms with E-state index in [1.54, 1.807) is 24.3 Å². The van der Waals surface area contributed by atoms with E-state index in [1.807, 2.05) is 6.07 Å². The topological polar surface area (TPSA) is 96.0 Å². The number of benzene rings is 2. The number of hydrogen-bond acceptors (Lipinski definition) is 7. The molecule has 0 unspecified atom stereocenters. The Morgan fingerprint density at radius 2 is 1.90 bits per heavy atom. The summed E-state index contributed by atoms with van der Waals surface area (Å²) < 4.78 is 0.707. The van der Waals surface area contributed by atoms with Gasteiger partial charge in [-0.2, -0.15) is 0 Å². The maximum absolute atomic E-state index is 12.3. The van der Waals surface area contributed by atoms with E-state index in [1.165, 1.54) is 34.2 Å². The first-order valence-electron chi connectivity index (χ1n) is 9.97. The van der Waals surface area contributed by atoms with Crippen LogP contribution in [0.15, 0.2) is 46.8 Å². The number of nitrogens with one attached hydrogen (secondary N) is 3. The first kappa shape index (κ1) is 21.3. The van der Waals surface area contributed by atoms with E-state index in [0.717, 1.165) is 18.5 Å². The number of rotatable bonds is 8. The zero-order chi connectivity index (χ0) is 21.8. The summed E-state index contributed by atoms with van der Waals surface area (Å²) in [6.07, 6.45) is 2.07. The van der Waals surface area contributed by atoms with Crippen molar-refractivity contribution in [1.29, 1.82) is 0 Å². The number of carbonyl (C=O) groups is 2. The minimum absolute atomic E-state index is 0.106. The van der Waals surface area contributed by atoms with Gasteiger partial charge in [-0.25, -0.2) is 0 Å². The Kier molecular flexibility index (Phi) is 6.53. The lowest BCUT2D eigenvalue weighted by Gasteiger charge is -2.07. The zero-order valence-corrected chi connectivity index (χ0v) is 18.9. The van der Waals surface area contributed by atoms with Gasteiger partial charge in [-0.05, 0) is 68.1 Å². The molecule has 7 nitrogen and oxygen atoms in total. The maximum atomic E-state index is 12.3. The molecule has 1 aliphatic rings. The van der Waals surface area contributed by atoms with Crippen LogP contribution in [0.25, 0.3) is 0 Å². The van der Waals surface area contributed by atoms with Gasteiger partial charge in [0.1, 0.15) is 0 Å². The number of nitrogens with zero attached hydrogens (tertiary/aromatic N) is 2. The highest BCUT2D eigenvalue weighted by atomic mass is 32.2. The van der Waals surface area contributed by atoms with Crippen LogP contribution in [0.3, 0.4) is 0 Å². The molecule has 3 N–H and O–H groups in total. The minimum Gasteiger partial charge on any atom is -0.349 e. The Hall–Kier alpha value is -2.91. The van der Waals surface area contributed by atoms with Gasteiger partial charge in [0.25, 0.3) is 5.91 Å². The van der Waals surface area contributed by atoms with Gasteiger partial charge in [-0.3, -0.25) is 9.59 Å². The molecule has 3 aromatic rings. The van der Waals surface area contributed by atoms with Gasteiger partial charge in [0.15, 0.2) is 4.34 Å². The third kappa shape index (κ3) is 6.05. The number of aryl methyl sites for hydroxylation is 2. The SMILES string of the molecule is Cc1ccc(Nc2nnc(SCC(=O)Nc3cccc(C(=O)NC4CC4)c3)s2)cc1C. The molecule has 160 valence electrons. The molecule has 9 heteroatoms. The molecule has 0 spiro atoms. The predicted molar refractivity (Wildman–Crippen MR) is 125 cm³/mol. The van der Waals surface area contributed by atoms with Crippen LogP contribution < -0.4 is 16.0 Å². The summed E-state index contributed by atoms with van der Waals surface area (Å²) in [7, 11) is 0. The van der Waals surface area contributed by atoms with Crippen LogP contribution in [0.5, 0.6) is 0 Å². The fraction of sp³-hybridized carbons (Fsp3) is 0.273. The Morgan fingerprint density at radius 1 is 1.06 bits per heavy atom. The van der Waals surface area contributed by atoms with Crippen LogP contribution in [-0.2, 0) is 4.79 Å². The lowest BCUT2D eigenvalue weighted by Crippen LogP contribution is -2.25. The van der Waals surface area contributed by atoms with E-state index in [4.69, 9.17) is 0 Å². The van der Waals surface area contributed by atoms with Gasteiger partial charge in [-0.15, -0.1) is 10.2 Å². The average Bonchev–Trinajstić information content (AvgIpc) is 3.45. The molecule has 2 aromatic carbocycles. The second-order valence-corrected chi connectivity index (χ2v) is 9.66. The lowest BCUT2D eigenvalue weighted by molar-refractivity contribution is -0.113. The lowest BCUT2D eigenvalue weighted by atomic mass is 10.1. The number of anilines is 3. The van der Waals surface area contributed by atoms with Crippen molar-refractivity contribution in [2.45, 2.75) is 37.1 Å². The number of hydrogen-bond donors (Lipinski definition) is 3. The predicted octanol–water partition coefficient (Wildman–Crippen LogP) is 4.52. The molecule has 2 amide bonds. The second kappa shape index (κ2) is 9.49. The van der Waals surface area contributed by atoms with Gasteiger partial charge in [-0.1, -0.05) is 35.2 Å². The van der Waals surface area contributed by atoms with E-state index in [9.17, 15) is 9.59 Å². The molecule has 1 fully saturated rings. The summed E-state index contributed by atoms with van der Waals surface area (Å²) in [5.74, 6) is -0.0641. The van der Waals surface area contributed by atoms with Crippen molar-refractivity contribution in [3.05, 3.63) is 59.2 Å². The molecule has 4 rings (SSSR count). The van der Waals surface area contributed by atoms with E-state index in [2.05, 4.69) is 52.1 Å². The summed E-state index contributed by atoms with van der Waals surface area (Å²) in [5.41, 5.74) is 4.54. The number of amides is 2. The summed E-state index contributed by atoms with van der Waals surface area (Å²) in [5, 5.41) is 18.0. The maximum Gasteiger partial charge on any atom is 0.251 e. The van der Waals surface area contributed by atoms with Gasteiger partial charge in [0, 0.05) is 23.0 Å². The standard InChI is InChI=1S/C22H23N5O2S2/c1-13-6-7-18(10-14(13)2)25-21-26-27-22(31-21)30-12-19(28)23-17-5-3-4-15(11-17)20(29)24-16-8-9-16/h3-7,10-11,16H,8-9,12H2,1-2H3,(H,23,28)(H,24,29)(H,25,26). The van der Waals surface area contributed by atoms with Crippen molar-refractivity contribution < 1.29 is 9.59 Å². The average molecular weight is 454 g/mol. The number of aromatic nitrogens is 2. The van der Waals surface area contributed by atoms with Crippen LogP contribution in [-0.4, -0.2) is 33.8 Å². The quantitative estimate of drug-likeness (QED) is 0.434. The molecule has 0 aliphatic heterocycles. The monoisotopic (exact) mass is 453 g/mol. The molecule has 0 radical (unpaired) electrons. The summed E-state index contributed by atoms with van der Waals surface area (Å²) in [6.45, 7) is 4.14. The Morgan fingerprint density at radius 3 is 2.68 bits per heavy atom. The smallest absolute Gasteiger partial charge is 0.251 e. The zero-order valence-electron chi connectivity index (χ0n) is 17.3. The van der Waals surface area contributed by atoms with Crippen LogP contribution in [0.2, 0.25) is 0 Å². The van der Waals surface area contributed by atoms with Gasteiger partial charge >= 0.3 is 0 Å². The van der Waals surface area contributed by atoms with E-state index in [-0.39, 0.29) is 17.6 Å². The summed E-state index contributed by atoms with van der Waals surface area (Å²) in [4.78, 5) is 24.5. The second-order valence-electron chi connectivity index (χ2n) is 7.46. The summed E-state index contributed by atoms with van der Waals surface area (Å²) in [6, 6.07) is 13.4. The van der Waals surface area contributed by atoms with Gasteiger partial charge in [0.05, 0.1) is 5.75 Å². The third-order valence-electron chi connectivity index (χ3n) is 4.81. The molecule has 0 saturated heterocycles. The van der Waals surface area contributed by atoms with E-state index < -0.39 is 0 Å². The first-order valence-corrected chi connectivity index (χ1v) is 11.8. The van der Waals surface area contributed by atoms with Crippen molar-refractivity contribution in [2.75, 3.05) is 16.4 Å². The molecule has 0 bridgehead atoms. The number of carbonyl (C=O) groups excluding carboxylic acids is 2. The highest BCUT2D eigenvalue weighted by molar-refractivity contribution is 8.01. The molecule has 1 aromatic heterocycles. The van der Waals surface area contributed by atoms with Crippen molar-refractivity contribution in [3.63, 3.8) is 0 Å². The largest absolute Gasteiger partial charge is 0.349 e. The first-order chi connectivity index (χ1) is 15.0. The fourth-order valence-electron chi connectivity index (χ4n) is 2.82. The van der Waals surface area contributed by atoms with Gasteiger partial charge < -0.3 is 16.0 Å². The normalized spacial score (nSPS) is 13.0. The molecule has 1 saturated carbocycles. The van der Waals surface area contributed by atoms with Crippen molar-refractivity contribution in [3.8, 4) is 0 Å². The van der Waals surface area contributed by atoms with Crippen molar-refractivity contribution >= 4 is 51.4 Å². The van der Waals surface area contributed by atoms with Gasteiger partial charge in [0.2, 0.25) is 11.0 Å². The van der Waals surface area contributed by atoms with Crippen LogP contribution in [0.4, 0.5) is 16.5 Å². The summed E-state index contributed by atoms with van der Waals surface area (Å²) >= 11 is 2.73. The highest BCUT2D eigenvalue weighted by Gasteiger charge is 2.23. The number of thioether (sulfide) groups is 1. The van der Waals surface area contributed by atoms with Crippen LogP contribution in [0, 0.1) is 13.8 Å². The molecular formula is C22H23N5O2S2. The fourth-order valence-corrected chi connectivity index (χ4v) is 4.39. The Bertz CT molecular complexity index is 1110. The van der Waals surface area contributed by atoms with Crippen molar-refractivity contribution in [1.82, 2.24) is 15.5 Å². The molecule has 31 heavy (non-hydrogen) atoms. The highest BCUT2D eigenvalue weighted by Crippen LogP contribution is 2.28. The van der Waals surface area contributed by atoms with Crippen LogP contribution >= 0.6 is 23.1 Å². The van der Waals surface area contributed by atoms with Crippen molar-refractivity contribution in [2.24, 2.45) is 0 Å². The van der Waals surface area contributed by atoms with Crippen LogP contribution in [0.1, 0.15) is 34.3 Å². The minimum atomic E-state index is -0.163. The molecule has 0 atom stereocenters. The molecular weight excluding hydrogens is 430 g/mol.